The summed E-state index contributed by atoms with van der Waals surface area (Å²) in [5, 5.41) is 2.96. The molecule has 0 heterocycles. The van der Waals surface area contributed by atoms with Gasteiger partial charge in [0.15, 0.2) is 12.7 Å². The summed E-state index contributed by atoms with van der Waals surface area (Å²) < 4.78 is 10.5. The first-order valence-electron chi connectivity index (χ1n) is 9.55. The van der Waals surface area contributed by atoms with Crippen LogP contribution in [-0.2, 0) is 20.7 Å². The minimum Gasteiger partial charge on any atom is -0.481 e. The molecule has 3 rings (SSSR count). The summed E-state index contributed by atoms with van der Waals surface area (Å²) in [6, 6.07) is 14.3. The van der Waals surface area contributed by atoms with E-state index in [-0.39, 0.29) is 23.3 Å². The predicted molar refractivity (Wildman–Crippen MR) is 106 cm³/mol. The van der Waals surface area contributed by atoms with Crippen molar-refractivity contribution in [2.24, 2.45) is 5.73 Å². The lowest BCUT2D eigenvalue weighted by Gasteiger charge is -2.27. The number of nitrogens with two attached hydrogens (primary N) is 1. The molecule has 152 valence electrons. The van der Waals surface area contributed by atoms with E-state index in [4.69, 9.17) is 15.2 Å². The Morgan fingerprint density at radius 2 is 1.86 bits per heavy atom. The van der Waals surface area contributed by atoms with E-state index in [1.165, 1.54) is 24.6 Å². The number of hydrogen-bond donors (Lipinski definition) is 2. The summed E-state index contributed by atoms with van der Waals surface area (Å²) in [5.41, 5.74) is 7.78. The largest absolute Gasteiger partial charge is 0.481 e. The number of ether oxygens (including phenoxy) is 2. The smallest absolute Gasteiger partial charge is 0.344 e. The molecule has 0 unspecified atom stereocenters. The highest BCUT2D eigenvalue weighted by molar-refractivity contribution is 5.95. The monoisotopic (exact) mass is 396 g/mol. The summed E-state index contributed by atoms with van der Waals surface area (Å²) >= 11 is 0. The number of para-hydroxylation sites is 1. The highest BCUT2D eigenvalue weighted by Gasteiger charge is 2.25. The Balaban J connectivity index is 1.52. The first-order chi connectivity index (χ1) is 14.0. The molecule has 0 saturated heterocycles. The molecule has 29 heavy (non-hydrogen) atoms. The summed E-state index contributed by atoms with van der Waals surface area (Å²) in [5.74, 6) is -1.55. The van der Waals surface area contributed by atoms with E-state index in [9.17, 15) is 14.4 Å². The molecule has 0 spiro atoms. The first kappa shape index (κ1) is 20.4. The minimum absolute atomic E-state index is 0.0905. The van der Waals surface area contributed by atoms with Gasteiger partial charge < -0.3 is 20.5 Å². The maximum Gasteiger partial charge on any atom is 0.344 e. The Bertz CT molecular complexity index is 912. The van der Waals surface area contributed by atoms with Gasteiger partial charge in [-0.3, -0.25) is 9.59 Å². The van der Waals surface area contributed by atoms with Crippen LogP contribution in [0.3, 0.4) is 0 Å². The van der Waals surface area contributed by atoms with Gasteiger partial charge in [0.05, 0.1) is 11.6 Å². The lowest BCUT2D eigenvalue weighted by atomic mass is 9.87. The Kier molecular flexibility index (Phi) is 6.49. The van der Waals surface area contributed by atoms with Gasteiger partial charge in [-0.2, -0.15) is 0 Å². The molecular weight excluding hydrogens is 372 g/mol. The van der Waals surface area contributed by atoms with Crippen LogP contribution in [0.15, 0.2) is 48.5 Å². The molecule has 7 heteroatoms. The Morgan fingerprint density at radius 1 is 1.14 bits per heavy atom. The van der Waals surface area contributed by atoms with Gasteiger partial charge in [-0.15, -0.1) is 0 Å². The van der Waals surface area contributed by atoms with Crippen LogP contribution in [0.2, 0.25) is 0 Å². The lowest BCUT2D eigenvalue weighted by Crippen LogP contribution is -2.39. The van der Waals surface area contributed by atoms with Crippen molar-refractivity contribution in [2.75, 3.05) is 6.61 Å². The molecule has 1 aliphatic rings. The van der Waals surface area contributed by atoms with E-state index < -0.39 is 24.6 Å². The number of primary amides is 1. The summed E-state index contributed by atoms with van der Waals surface area (Å²) in [6.07, 6.45) is 1.86. The maximum absolute atomic E-state index is 12.5. The maximum atomic E-state index is 12.5. The SMILES string of the molecule is C[C@H](OC(=O)COc1ccccc1C(N)=O)C(=O)N[C@@H]1CCCc2ccccc21. The second-order valence-corrected chi connectivity index (χ2v) is 6.93. The van der Waals surface area contributed by atoms with Gasteiger partial charge >= 0.3 is 5.97 Å². The van der Waals surface area contributed by atoms with Gasteiger partial charge in [0.2, 0.25) is 0 Å². The van der Waals surface area contributed by atoms with E-state index in [2.05, 4.69) is 11.4 Å². The van der Waals surface area contributed by atoms with E-state index >= 15 is 0 Å². The minimum atomic E-state index is -0.966. The fourth-order valence-corrected chi connectivity index (χ4v) is 3.41. The summed E-state index contributed by atoms with van der Waals surface area (Å²) in [6.45, 7) is 1.08. The third-order valence-electron chi connectivity index (χ3n) is 4.86. The van der Waals surface area contributed by atoms with Gasteiger partial charge in [0.25, 0.3) is 11.8 Å². The van der Waals surface area contributed by atoms with Crippen LogP contribution in [0.5, 0.6) is 5.75 Å². The molecule has 1 aliphatic carbocycles. The topological polar surface area (TPSA) is 108 Å². The number of aryl methyl sites for hydroxylation is 1. The highest BCUT2D eigenvalue weighted by Crippen LogP contribution is 2.29. The Labute approximate surface area is 169 Å². The molecule has 2 aromatic carbocycles. The molecule has 2 aromatic rings. The molecule has 0 saturated carbocycles. The quantitative estimate of drug-likeness (QED) is 0.698. The van der Waals surface area contributed by atoms with E-state index in [0.29, 0.717) is 0 Å². The predicted octanol–water partition coefficient (Wildman–Crippen LogP) is 2.29. The van der Waals surface area contributed by atoms with Crippen LogP contribution in [0.25, 0.3) is 0 Å². The number of carbonyl (C=O) groups excluding carboxylic acids is 3. The van der Waals surface area contributed by atoms with Crippen molar-refractivity contribution in [3.05, 3.63) is 65.2 Å². The van der Waals surface area contributed by atoms with Crippen molar-refractivity contribution in [1.82, 2.24) is 5.32 Å². The number of hydrogen-bond acceptors (Lipinski definition) is 5. The second kappa shape index (κ2) is 9.23. The average molecular weight is 396 g/mol. The first-order valence-corrected chi connectivity index (χ1v) is 9.55. The van der Waals surface area contributed by atoms with Crippen LogP contribution in [-0.4, -0.2) is 30.5 Å². The molecule has 0 fully saturated rings. The molecule has 7 nitrogen and oxygen atoms in total. The van der Waals surface area contributed by atoms with E-state index in [1.54, 1.807) is 12.1 Å². The molecule has 0 aliphatic heterocycles. The van der Waals surface area contributed by atoms with Crippen LogP contribution in [0, 0.1) is 0 Å². The molecule has 0 radical (unpaired) electrons. The normalized spacial score (nSPS) is 16.2. The average Bonchev–Trinajstić information content (AvgIpc) is 2.72. The molecule has 3 N–H and O–H groups in total. The molecule has 2 atom stereocenters. The zero-order chi connectivity index (χ0) is 20.8. The fourth-order valence-electron chi connectivity index (χ4n) is 3.41. The second-order valence-electron chi connectivity index (χ2n) is 6.93. The van der Waals surface area contributed by atoms with Gasteiger partial charge in [-0.05, 0) is 49.4 Å². The Hall–Kier alpha value is -3.35. The molecule has 2 amide bonds. The number of benzene rings is 2. The van der Waals surface area contributed by atoms with Crippen LogP contribution in [0.4, 0.5) is 0 Å². The fraction of sp³-hybridized carbons (Fsp3) is 0.318. The molecular formula is C22H24N2O5. The van der Waals surface area contributed by atoms with E-state index in [1.807, 2.05) is 18.2 Å². The lowest BCUT2D eigenvalue weighted by molar-refractivity contribution is -0.156. The zero-order valence-corrected chi connectivity index (χ0v) is 16.2. The van der Waals surface area contributed by atoms with Gasteiger partial charge in [-0.1, -0.05) is 36.4 Å². The van der Waals surface area contributed by atoms with Crippen molar-refractivity contribution in [2.45, 2.75) is 38.3 Å². The van der Waals surface area contributed by atoms with Crippen LogP contribution < -0.4 is 15.8 Å². The third kappa shape index (κ3) is 5.13. The van der Waals surface area contributed by atoms with Crippen molar-refractivity contribution in [3.8, 4) is 5.75 Å². The number of esters is 1. The number of amides is 2. The summed E-state index contributed by atoms with van der Waals surface area (Å²) in [7, 11) is 0. The number of rotatable bonds is 7. The highest BCUT2D eigenvalue weighted by atomic mass is 16.6. The van der Waals surface area contributed by atoms with Crippen molar-refractivity contribution in [1.29, 1.82) is 0 Å². The van der Waals surface area contributed by atoms with Gasteiger partial charge in [0.1, 0.15) is 5.75 Å². The van der Waals surface area contributed by atoms with Gasteiger partial charge in [0, 0.05) is 0 Å². The van der Waals surface area contributed by atoms with Crippen molar-refractivity contribution >= 4 is 17.8 Å². The standard InChI is InChI=1S/C22H24N2O5/c1-14(22(27)24-18-11-6-8-15-7-2-3-9-16(15)18)29-20(25)13-28-19-12-5-4-10-17(19)21(23)26/h2-5,7,9-10,12,14,18H,6,8,11,13H2,1H3,(H2,23,26)(H,24,27)/t14-,18+/m0/s1. The van der Waals surface area contributed by atoms with Crippen LogP contribution in [0.1, 0.15) is 47.3 Å². The number of fused-ring (bicyclic) bond motifs is 1. The van der Waals surface area contributed by atoms with Gasteiger partial charge in [-0.25, -0.2) is 4.79 Å². The summed E-state index contributed by atoms with van der Waals surface area (Å²) in [4.78, 5) is 35.9. The van der Waals surface area contributed by atoms with E-state index in [0.717, 1.165) is 24.8 Å². The third-order valence-corrected chi connectivity index (χ3v) is 4.86. The zero-order valence-electron chi connectivity index (χ0n) is 16.2. The van der Waals surface area contributed by atoms with Crippen LogP contribution >= 0.6 is 0 Å². The number of carbonyl (C=O) groups is 3. The molecule has 0 bridgehead atoms. The van der Waals surface area contributed by atoms with Crippen molar-refractivity contribution < 1.29 is 23.9 Å². The molecule has 0 aromatic heterocycles. The van der Waals surface area contributed by atoms with Crippen molar-refractivity contribution in [3.63, 3.8) is 0 Å². The Morgan fingerprint density at radius 3 is 2.66 bits per heavy atom. The number of nitrogens with one attached hydrogen (secondary N) is 1.